The van der Waals surface area contributed by atoms with Gasteiger partial charge in [0.1, 0.15) is 10.6 Å². The monoisotopic (exact) mass is 271 g/mol. The molecule has 0 heterocycles. The molecule has 0 radical (unpaired) electrons. The van der Waals surface area contributed by atoms with Crippen LogP contribution in [-0.2, 0) is 4.79 Å². The number of benzene rings is 1. The first kappa shape index (κ1) is 11.7. The Morgan fingerprint density at radius 1 is 1.33 bits per heavy atom. The van der Waals surface area contributed by atoms with Gasteiger partial charge in [0.05, 0.1) is 5.97 Å². The number of aromatic carboxylic acids is 1. The van der Waals surface area contributed by atoms with Crippen LogP contribution < -0.4 is 9.84 Å². The normalized spacial score (nSPS) is 11.9. The summed E-state index contributed by atoms with van der Waals surface area (Å²) < 4.78 is 4.91. The molecule has 0 fully saturated rings. The quantitative estimate of drug-likeness (QED) is 0.462. The maximum Gasteiger partial charge on any atom is 0.324 e. The van der Waals surface area contributed by atoms with Crippen molar-refractivity contribution in [1.29, 1.82) is 0 Å². The van der Waals surface area contributed by atoms with E-state index in [1.165, 1.54) is 24.3 Å². The number of rotatable bonds is 3. The number of carboxylic acid groups (broad SMARTS) is 1. The highest BCUT2D eigenvalue weighted by molar-refractivity contribution is 9.10. The second-order valence-corrected chi connectivity index (χ2v) is 4.22. The summed E-state index contributed by atoms with van der Waals surface area (Å²) in [6, 6.07) is 5.44. The van der Waals surface area contributed by atoms with Gasteiger partial charge in [-0.25, -0.2) is 0 Å². The van der Waals surface area contributed by atoms with Crippen LogP contribution >= 0.6 is 15.9 Å². The molecular formula is C10H8BrO4-. The molecule has 4 nitrogen and oxygen atoms in total. The lowest BCUT2D eigenvalue weighted by molar-refractivity contribution is -0.255. The molecule has 0 amide bonds. The van der Waals surface area contributed by atoms with Gasteiger partial charge in [-0.1, -0.05) is 15.9 Å². The van der Waals surface area contributed by atoms with E-state index in [0.29, 0.717) is 5.75 Å². The highest BCUT2D eigenvalue weighted by atomic mass is 79.9. The number of hydrogen-bond acceptors (Lipinski definition) is 4. The number of alkyl halides is 1. The number of carbonyl (C=O) groups is 2. The molecule has 0 saturated carbocycles. The molecule has 0 aliphatic carbocycles. The predicted molar refractivity (Wildman–Crippen MR) is 54.8 cm³/mol. The van der Waals surface area contributed by atoms with Crippen LogP contribution in [-0.4, -0.2) is 16.8 Å². The molecule has 1 unspecified atom stereocenters. The molecule has 1 atom stereocenters. The molecule has 0 spiro atoms. The third-order valence-electron chi connectivity index (χ3n) is 1.63. The minimum Gasteiger partial charge on any atom is -0.545 e. The van der Waals surface area contributed by atoms with E-state index in [-0.39, 0.29) is 5.56 Å². The van der Waals surface area contributed by atoms with E-state index in [9.17, 15) is 14.7 Å². The first-order valence-electron chi connectivity index (χ1n) is 4.18. The topological polar surface area (TPSA) is 66.4 Å². The SMILES string of the molecule is CC(Br)C(=O)Oc1ccc(C(=O)[O-])cc1. The summed E-state index contributed by atoms with van der Waals surface area (Å²) in [4.78, 5) is 21.1. The fourth-order valence-electron chi connectivity index (χ4n) is 0.856. The number of esters is 1. The molecule has 1 rings (SSSR count). The van der Waals surface area contributed by atoms with Crippen molar-refractivity contribution in [1.82, 2.24) is 0 Å². The van der Waals surface area contributed by atoms with Crippen LogP contribution in [0.1, 0.15) is 17.3 Å². The van der Waals surface area contributed by atoms with E-state index < -0.39 is 16.8 Å². The minimum absolute atomic E-state index is 0.0432. The Balaban J connectivity index is 2.73. The fraction of sp³-hybridized carbons (Fsp3) is 0.200. The molecule has 5 heteroatoms. The maximum atomic E-state index is 11.1. The van der Waals surface area contributed by atoms with Gasteiger partial charge >= 0.3 is 5.97 Å². The smallest absolute Gasteiger partial charge is 0.324 e. The Bertz CT molecular complexity index is 370. The second-order valence-electron chi connectivity index (χ2n) is 2.85. The third-order valence-corrected chi connectivity index (χ3v) is 2.01. The summed E-state index contributed by atoms with van der Waals surface area (Å²) in [7, 11) is 0. The molecule has 0 aliphatic rings. The van der Waals surface area contributed by atoms with Crippen LogP contribution in [0.15, 0.2) is 24.3 Å². The molecule has 0 bridgehead atoms. The van der Waals surface area contributed by atoms with Gasteiger partial charge in [0, 0.05) is 0 Å². The molecule has 0 aliphatic heterocycles. The first-order chi connectivity index (χ1) is 7.00. The van der Waals surface area contributed by atoms with Gasteiger partial charge in [-0.05, 0) is 36.8 Å². The van der Waals surface area contributed by atoms with Gasteiger partial charge in [-0.3, -0.25) is 4.79 Å². The van der Waals surface area contributed by atoms with Gasteiger partial charge < -0.3 is 14.6 Å². The zero-order valence-corrected chi connectivity index (χ0v) is 9.48. The van der Waals surface area contributed by atoms with Crippen molar-refractivity contribution in [3.8, 4) is 5.75 Å². The van der Waals surface area contributed by atoms with Crippen molar-refractivity contribution in [3.05, 3.63) is 29.8 Å². The Hall–Kier alpha value is -1.36. The number of halogens is 1. The second kappa shape index (κ2) is 4.93. The van der Waals surface area contributed by atoms with Crippen molar-refractivity contribution in [2.45, 2.75) is 11.8 Å². The van der Waals surface area contributed by atoms with E-state index in [0.717, 1.165) is 0 Å². The largest absolute Gasteiger partial charge is 0.545 e. The van der Waals surface area contributed by atoms with Gasteiger partial charge in [-0.2, -0.15) is 0 Å². The standard InChI is InChI=1S/C10H9BrO4/c1-6(11)10(14)15-8-4-2-7(3-5-8)9(12)13/h2-6H,1H3,(H,12,13)/p-1. The van der Waals surface area contributed by atoms with E-state index >= 15 is 0 Å². The summed E-state index contributed by atoms with van der Waals surface area (Å²) >= 11 is 3.06. The molecule has 15 heavy (non-hydrogen) atoms. The summed E-state index contributed by atoms with van der Waals surface area (Å²) in [6.45, 7) is 1.64. The molecule has 0 aromatic heterocycles. The van der Waals surface area contributed by atoms with E-state index in [4.69, 9.17) is 4.74 Å². The lowest BCUT2D eigenvalue weighted by atomic mass is 10.2. The van der Waals surface area contributed by atoms with Crippen molar-refractivity contribution >= 4 is 27.9 Å². The highest BCUT2D eigenvalue weighted by Crippen LogP contribution is 2.13. The zero-order chi connectivity index (χ0) is 11.4. The van der Waals surface area contributed by atoms with E-state index in [1.54, 1.807) is 6.92 Å². The van der Waals surface area contributed by atoms with Gasteiger partial charge in [0.15, 0.2) is 0 Å². The first-order valence-corrected chi connectivity index (χ1v) is 5.09. The summed E-state index contributed by atoms with van der Waals surface area (Å²) in [5.74, 6) is -1.39. The maximum absolute atomic E-state index is 11.1. The Labute approximate surface area is 95.0 Å². The number of carbonyl (C=O) groups excluding carboxylic acids is 2. The average Bonchev–Trinajstić information content (AvgIpc) is 2.18. The summed E-state index contributed by atoms with van der Waals surface area (Å²) in [5.41, 5.74) is 0.0432. The van der Waals surface area contributed by atoms with Gasteiger partial charge in [-0.15, -0.1) is 0 Å². The van der Waals surface area contributed by atoms with Crippen LogP contribution in [0, 0.1) is 0 Å². The minimum atomic E-state index is -1.26. The van der Waals surface area contributed by atoms with Crippen molar-refractivity contribution in [2.24, 2.45) is 0 Å². The highest BCUT2D eigenvalue weighted by Gasteiger charge is 2.10. The number of carboxylic acids is 1. The Morgan fingerprint density at radius 2 is 1.87 bits per heavy atom. The van der Waals surface area contributed by atoms with E-state index in [1.807, 2.05) is 0 Å². The molecule has 1 aromatic rings. The van der Waals surface area contributed by atoms with Crippen molar-refractivity contribution in [3.63, 3.8) is 0 Å². The van der Waals surface area contributed by atoms with Crippen molar-refractivity contribution < 1.29 is 19.4 Å². The van der Waals surface area contributed by atoms with Crippen LogP contribution in [0.5, 0.6) is 5.75 Å². The molecule has 1 aromatic carbocycles. The zero-order valence-electron chi connectivity index (χ0n) is 7.90. The molecule has 0 N–H and O–H groups in total. The van der Waals surface area contributed by atoms with Crippen LogP contribution in [0.2, 0.25) is 0 Å². The Morgan fingerprint density at radius 3 is 2.27 bits per heavy atom. The third kappa shape index (κ3) is 3.36. The lowest BCUT2D eigenvalue weighted by Gasteiger charge is -2.06. The molecule has 0 saturated heterocycles. The summed E-state index contributed by atoms with van der Waals surface area (Å²) in [5, 5.41) is 10.4. The Kier molecular flexibility index (Phi) is 3.85. The fourth-order valence-corrected chi connectivity index (χ4v) is 0.950. The van der Waals surface area contributed by atoms with Crippen LogP contribution in [0.3, 0.4) is 0 Å². The van der Waals surface area contributed by atoms with Crippen LogP contribution in [0.25, 0.3) is 0 Å². The van der Waals surface area contributed by atoms with Crippen molar-refractivity contribution in [2.75, 3.05) is 0 Å². The number of hydrogen-bond donors (Lipinski definition) is 0. The molecular weight excluding hydrogens is 264 g/mol. The summed E-state index contributed by atoms with van der Waals surface area (Å²) in [6.07, 6.45) is 0. The molecule has 80 valence electrons. The average molecular weight is 272 g/mol. The van der Waals surface area contributed by atoms with Gasteiger partial charge in [0.25, 0.3) is 0 Å². The predicted octanol–water partition coefficient (Wildman–Crippen LogP) is 0.739. The van der Waals surface area contributed by atoms with Gasteiger partial charge in [0.2, 0.25) is 0 Å². The van der Waals surface area contributed by atoms with Crippen LogP contribution in [0.4, 0.5) is 0 Å². The van der Waals surface area contributed by atoms with E-state index in [2.05, 4.69) is 15.9 Å². The number of ether oxygens (including phenoxy) is 1. The lowest BCUT2D eigenvalue weighted by Crippen LogP contribution is -2.22.